The van der Waals surface area contributed by atoms with Crippen LogP contribution in [0.3, 0.4) is 0 Å². The number of nitrogens with one attached hydrogen (secondary N) is 1. The predicted octanol–water partition coefficient (Wildman–Crippen LogP) is 4.08. The van der Waals surface area contributed by atoms with Crippen molar-refractivity contribution in [3.63, 3.8) is 0 Å². The first-order chi connectivity index (χ1) is 10.1. The zero-order valence-corrected chi connectivity index (χ0v) is 12.6. The van der Waals surface area contributed by atoms with Crippen LogP contribution in [0.15, 0.2) is 58.9 Å². The zero-order chi connectivity index (χ0) is 15.4. The van der Waals surface area contributed by atoms with Crippen LogP contribution in [0.5, 0.6) is 0 Å². The Labute approximate surface area is 129 Å². The molecular formula is C17H14ClN3. The van der Waals surface area contributed by atoms with Gasteiger partial charge in [0, 0.05) is 16.4 Å². The molecule has 0 saturated carbocycles. The average Bonchev–Trinajstić information content (AvgIpc) is 2.48. The summed E-state index contributed by atoms with van der Waals surface area (Å²) >= 11 is 6.36. The molecule has 0 bridgehead atoms. The van der Waals surface area contributed by atoms with Gasteiger partial charge in [0.1, 0.15) is 0 Å². The summed E-state index contributed by atoms with van der Waals surface area (Å²) in [7, 11) is 0. The molecule has 4 heteroatoms. The van der Waals surface area contributed by atoms with Crippen molar-refractivity contribution in [1.82, 2.24) is 5.32 Å². The van der Waals surface area contributed by atoms with E-state index in [4.69, 9.17) is 11.6 Å². The molecule has 0 aliphatic carbocycles. The fourth-order valence-electron chi connectivity index (χ4n) is 2.34. The summed E-state index contributed by atoms with van der Waals surface area (Å²) in [6, 6.07) is 13.8. The lowest BCUT2D eigenvalue weighted by Gasteiger charge is -2.24. The lowest BCUT2D eigenvalue weighted by atomic mass is 9.86. The number of nitrogens with zero attached hydrogens (tertiary/aromatic N) is 2. The smallest absolute Gasteiger partial charge is 0.0975 e. The summed E-state index contributed by atoms with van der Waals surface area (Å²) in [5, 5.41) is 22.3. The Hall–Kier alpha value is -2.49. The average molecular weight is 296 g/mol. The van der Waals surface area contributed by atoms with E-state index in [2.05, 4.69) is 17.5 Å². The fourth-order valence-corrected chi connectivity index (χ4v) is 2.59. The van der Waals surface area contributed by atoms with Crippen molar-refractivity contribution in [3.05, 3.63) is 64.5 Å². The Morgan fingerprint density at radius 3 is 2.10 bits per heavy atom. The number of nitriles is 2. The molecule has 3 nitrogen and oxygen atoms in total. The molecule has 1 aromatic carbocycles. The second-order valence-electron chi connectivity index (χ2n) is 4.78. The molecule has 0 amide bonds. The van der Waals surface area contributed by atoms with Crippen LogP contribution in [-0.2, 0) is 0 Å². The zero-order valence-electron chi connectivity index (χ0n) is 11.8. The maximum atomic E-state index is 9.36. The minimum absolute atomic E-state index is 0.408. The Balaban J connectivity index is 2.51. The van der Waals surface area contributed by atoms with Crippen LogP contribution >= 0.6 is 11.6 Å². The number of hydrogen-bond donors (Lipinski definition) is 1. The van der Waals surface area contributed by atoms with Gasteiger partial charge in [-0.15, -0.1) is 0 Å². The maximum Gasteiger partial charge on any atom is 0.0975 e. The van der Waals surface area contributed by atoms with Gasteiger partial charge >= 0.3 is 0 Å². The summed E-state index contributed by atoms with van der Waals surface area (Å²) in [5.74, 6) is -0.408. The number of halogens is 1. The third-order valence-electron chi connectivity index (χ3n) is 3.41. The molecule has 2 rings (SSSR count). The van der Waals surface area contributed by atoms with Gasteiger partial charge in [-0.3, -0.25) is 0 Å². The van der Waals surface area contributed by atoms with Crippen LogP contribution in [0.2, 0.25) is 0 Å². The highest BCUT2D eigenvalue weighted by molar-refractivity contribution is 6.48. The van der Waals surface area contributed by atoms with Gasteiger partial charge in [0.2, 0.25) is 0 Å². The molecule has 0 unspecified atom stereocenters. The summed E-state index contributed by atoms with van der Waals surface area (Å²) in [6.45, 7) is 3.65. The van der Waals surface area contributed by atoms with E-state index in [9.17, 15) is 10.5 Å². The predicted molar refractivity (Wildman–Crippen MR) is 83.5 cm³/mol. The molecule has 1 aromatic rings. The van der Waals surface area contributed by atoms with Gasteiger partial charge in [-0.05, 0) is 19.4 Å². The number of allylic oxidation sites excluding steroid dienone is 5. The lowest BCUT2D eigenvalue weighted by molar-refractivity contribution is 0.799. The summed E-state index contributed by atoms with van der Waals surface area (Å²) in [6.07, 6.45) is 1.77. The molecule has 21 heavy (non-hydrogen) atoms. The number of benzene rings is 1. The summed E-state index contributed by atoms with van der Waals surface area (Å²) in [5.41, 5.74) is 3.42. The Morgan fingerprint density at radius 2 is 1.62 bits per heavy atom. The van der Waals surface area contributed by atoms with Crippen molar-refractivity contribution in [3.8, 4) is 12.1 Å². The van der Waals surface area contributed by atoms with E-state index in [0.717, 1.165) is 17.0 Å². The van der Waals surface area contributed by atoms with Crippen LogP contribution in [0.4, 0.5) is 0 Å². The molecule has 1 heterocycles. The van der Waals surface area contributed by atoms with Crippen LogP contribution in [0, 0.1) is 28.6 Å². The number of hydrogen-bond acceptors (Lipinski definition) is 3. The summed E-state index contributed by atoms with van der Waals surface area (Å²) < 4.78 is 0. The topological polar surface area (TPSA) is 59.6 Å². The van der Waals surface area contributed by atoms with Crippen molar-refractivity contribution in [2.45, 2.75) is 13.8 Å². The monoisotopic (exact) mass is 295 g/mol. The van der Waals surface area contributed by atoms with E-state index in [0.29, 0.717) is 16.2 Å². The minimum Gasteiger partial charge on any atom is -0.361 e. The summed E-state index contributed by atoms with van der Waals surface area (Å²) in [4.78, 5) is 0. The molecule has 1 aliphatic rings. The first kappa shape index (κ1) is 14.9. The second kappa shape index (κ2) is 6.31. The lowest BCUT2D eigenvalue weighted by Crippen LogP contribution is -2.23. The molecule has 0 radical (unpaired) electrons. The third kappa shape index (κ3) is 2.99. The molecule has 0 fully saturated rings. The highest BCUT2D eigenvalue weighted by Gasteiger charge is 2.26. The van der Waals surface area contributed by atoms with Crippen LogP contribution in [0.1, 0.15) is 19.4 Å². The normalized spacial score (nSPS) is 16.3. The SMILES string of the molecule is CC1=C(C#N)C(/C=C(/Cl)c2ccccc2)C(C#N)=C(C)N1. The van der Waals surface area contributed by atoms with Crippen molar-refractivity contribution >= 4 is 16.6 Å². The largest absolute Gasteiger partial charge is 0.361 e. The van der Waals surface area contributed by atoms with E-state index < -0.39 is 5.92 Å². The van der Waals surface area contributed by atoms with Crippen molar-refractivity contribution in [1.29, 1.82) is 10.5 Å². The van der Waals surface area contributed by atoms with Gasteiger partial charge in [-0.25, -0.2) is 0 Å². The Bertz CT molecular complexity index is 692. The first-order valence-corrected chi connectivity index (χ1v) is 6.87. The van der Waals surface area contributed by atoms with E-state index in [1.54, 1.807) is 6.08 Å². The van der Waals surface area contributed by atoms with Crippen LogP contribution in [0.25, 0.3) is 5.03 Å². The quantitative estimate of drug-likeness (QED) is 0.894. The van der Waals surface area contributed by atoms with E-state index in [-0.39, 0.29) is 0 Å². The fraction of sp³-hybridized carbons (Fsp3) is 0.176. The molecule has 1 aliphatic heterocycles. The van der Waals surface area contributed by atoms with E-state index in [1.807, 2.05) is 44.2 Å². The van der Waals surface area contributed by atoms with Crippen molar-refractivity contribution < 1.29 is 0 Å². The number of dihydropyridines is 1. The van der Waals surface area contributed by atoms with Gasteiger partial charge < -0.3 is 5.32 Å². The van der Waals surface area contributed by atoms with Gasteiger partial charge in [-0.1, -0.05) is 48.0 Å². The number of rotatable bonds is 2. The molecule has 0 aromatic heterocycles. The second-order valence-corrected chi connectivity index (χ2v) is 5.19. The minimum atomic E-state index is -0.408. The molecule has 104 valence electrons. The highest BCUT2D eigenvalue weighted by atomic mass is 35.5. The molecule has 0 spiro atoms. The van der Waals surface area contributed by atoms with Gasteiger partial charge in [0.05, 0.1) is 29.2 Å². The highest BCUT2D eigenvalue weighted by Crippen LogP contribution is 2.33. The molecule has 0 saturated heterocycles. The van der Waals surface area contributed by atoms with Crippen LogP contribution in [-0.4, -0.2) is 0 Å². The van der Waals surface area contributed by atoms with E-state index >= 15 is 0 Å². The molecule has 0 atom stereocenters. The first-order valence-electron chi connectivity index (χ1n) is 6.50. The Kier molecular flexibility index (Phi) is 4.48. The van der Waals surface area contributed by atoms with Crippen LogP contribution < -0.4 is 5.32 Å². The molecular weight excluding hydrogens is 282 g/mol. The standard InChI is InChI=1S/C17H14ClN3/c1-11-15(9-19)14(16(10-20)12(2)21-11)8-17(18)13-6-4-3-5-7-13/h3-8,14,21H,1-2H3/b17-8+. The van der Waals surface area contributed by atoms with Gasteiger partial charge in [0.25, 0.3) is 0 Å². The van der Waals surface area contributed by atoms with E-state index in [1.165, 1.54) is 0 Å². The van der Waals surface area contributed by atoms with Crippen molar-refractivity contribution in [2.75, 3.05) is 0 Å². The maximum absolute atomic E-state index is 9.36. The van der Waals surface area contributed by atoms with Gasteiger partial charge in [-0.2, -0.15) is 10.5 Å². The Morgan fingerprint density at radius 1 is 1.10 bits per heavy atom. The third-order valence-corrected chi connectivity index (χ3v) is 3.75. The van der Waals surface area contributed by atoms with Gasteiger partial charge in [0.15, 0.2) is 0 Å². The van der Waals surface area contributed by atoms with Crippen molar-refractivity contribution in [2.24, 2.45) is 5.92 Å². The molecule has 1 N–H and O–H groups in total.